The molecule has 0 saturated carbocycles. The van der Waals surface area contributed by atoms with E-state index in [0.29, 0.717) is 0 Å². The van der Waals surface area contributed by atoms with E-state index in [-0.39, 0.29) is 0 Å². The molecule has 216 valence electrons. The highest BCUT2D eigenvalue weighted by Crippen LogP contribution is 2.43. The molecule has 0 saturated heterocycles. The van der Waals surface area contributed by atoms with Gasteiger partial charge in [-0.15, -0.1) is 11.3 Å². The SMILES string of the molecule is c1ccc(-c2cc(-c3ccccc3)nc(-c3cccc(-c4ccc5c(c4)c4sc6ccccc6c4n5-c4ccccc4)c3)c2)cc1. The van der Waals surface area contributed by atoms with Gasteiger partial charge in [0.05, 0.1) is 27.1 Å². The lowest BCUT2D eigenvalue weighted by molar-refractivity contribution is 1.19. The van der Waals surface area contributed by atoms with Crippen LogP contribution in [0, 0.1) is 0 Å². The number of pyridine rings is 1. The molecule has 3 aromatic heterocycles. The van der Waals surface area contributed by atoms with Gasteiger partial charge in [-0.2, -0.15) is 0 Å². The lowest BCUT2D eigenvalue weighted by atomic mass is 9.97. The highest BCUT2D eigenvalue weighted by molar-refractivity contribution is 7.26. The first-order chi connectivity index (χ1) is 22.8. The fourth-order valence-corrected chi connectivity index (χ4v) is 7.80. The van der Waals surface area contributed by atoms with Crippen LogP contribution < -0.4 is 0 Å². The standard InChI is InChI=1S/C43H28N2S/c1-4-13-29(14-5-1)34-27-38(30-15-6-2-7-16-30)44-39(28-34)33-18-12-17-31(25-33)32-23-24-40-37(26-32)43-42(36-21-10-11-22-41(36)46-43)45(40)35-19-8-3-9-20-35/h1-28H. The minimum atomic E-state index is 0.963. The summed E-state index contributed by atoms with van der Waals surface area (Å²) in [7, 11) is 0. The quantitative estimate of drug-likeness (QED) is 0.191. The van der Waals surface area contributed by atoms with Gasteiger partial charge in [-0.1, -0.05) is 121 Å². The van der Waals surface area contributed by atoms with Crippen LogP contribution in [0.3, 0.4) is 0 Å². The van der Waals surface area contributed by atoms with Crippen molar-refractivity contribution in [2.45, 2.75) is 0 Å². The second-order valence-corrected chi connectivity index (χ2v) is 12.7. The van der Waals surface area contributed by atoms with Gasteiger partial charge in [-0.25, -0.2) is 4.98 Å². The molecule has 0 unspecified atom stereocenters. The Morgan fingerprint density at radius 1 is 0.413 bits per heavy atom. The molecule has 3 heterocycles. The van der Waals surface area contributed by atoms with E-state index in [2.05, 4.69) is 168 Å². The van der Waals surface area contributed by atoms with E-state index < -0.39 is 0 Å². The van der Waals surface area contributed by atoms with Gasteiger partial charge in [0.15, 0.2) is 0 Å². The number of nitrogens with zero attached hydrogens (tertiary/aromatic N) is 2. The maximum Gasteiger partial charge on any atom is 0.0727 e. The molecule has 0 N–H and O–H groups in total. The maximum absolute atomic E-state index is 5.18. The molecule has 9 rings (SSSR count). The van der Waals surface area contributed by atoms with E-state index in [4.69, 9.17) is 4.98 Å². The van der Waals surface area contributed by atoms with E-state index in [1.807, 2.05) is 17.4 Å². The monoisotopic (exact) mass is 604 g/mol. The Bertz CT molecular complexity index is 2450. The fourth-order valence-electron chi connectivity index (χ4n) is 6.59. The van der Waals surface area contributed by atoms with Gasteiger partial charge in [0.2, 0.25) is 0 Å². The van der Waals surface area contributed by atoms with Crippen molar-refractivity contribution in [1.82, 2.24) is 9.55 Å². The first-order valence-corrected chi connectivity index (χ1v) is 16.4. The average molecular weight is 605 g/mol. The van der Waals surface area contributed by atoms with Gasteiger partial charge in [0, 0.05) is 32.3 Å². The highest BCUT2D eigenvalue weighted by Gasteiger charge is 2.18. The Balaban J connectivity index is 1.21. The summed E-state index contributed by atoms with van der Waals surface area (Å²) in [5, 5.41) is 2.57. The molecule has 3 heteroatoms. The lowest BCUT2D eigenvalue weighted by Crippen LogP contribution is -1.93. The largest absolute Gasteiger partial charge is 0.308 e. The second kappa shape index (κ2) is 11.0. The van der Waals surface area contributed by atoms with Crippen LogP contribution in [0.1, 0.15) is 0 Å². The van der Waals surface area contributed by atoms with Crippen LogP contribution in [0.2, 0.25) is 0 Å². The summed E-state index contributed by atoms with van der Waals surface area (Å²) >= 11 is 1.88. The summed E-state index contributed by atoms with van der Waals surface area (Å²) in [4.78, 5) is 5.18. The summed E-state index contributed by atoms with van der Waals surface area (Å²) in [5.41, 5.74) is 12.5. The first kappa shape index (κ1) is 26.6. The number of rotatable bonds is 5. The molecule has 2 nitrogen and oxygen atoms in total. The van der Waals surface area contributed by atoms with Gasteiger partial charge in [0.25, 0.3) is 0 Å². The van der Waals surface area contributed by atoms with Crippen molar-refractivity contribution < 1.29 is 0 Å². The number of para-hydroxylation sites is 1. The predicted molar refractivity (Wildman–Crippen MR) is 196 cm³/mol. The lowest BCUT2D eigenvalue weighted by Gasteiger charge is -2.12. The molecular weight excluding hydrogens is 577 g/mol. The molecule has 0 atom stereocenters. The van der Waals surface area contributed by atoms with Crippen molar-refractivity contribution in [3.63, 3.8) is 0 Å². The first-order valence-electron chi connectivity index (χ1n) is 15.5. The molecule has 0 spiro atoms. The van der Waals surface area contributed by atoms with E-state index in [9.17, 15) is 0 Å². The van der Waals surface area contributed by atoms with Gasteiger partial charge < -0.3 is 4.57 Å². The molecule has 6 aromatic carbocycles. The molecule has 0 fully saturated rings. The summed E-state index contributed by atoms with van der Waals surface area (Å²) in [6.07, 6.45) is 0. The summed E-state index contributed by atoms with van der Waals surface area (Å²) in [5.74, 6) is 0. The van der Waals surface area contributed by atoms with Crippen molar-refractivity contribution in [1.29, 1.82) is 0 Å². The van der Waals surface area contributed by atoms with Crippen LogP contribution in [-0.2, 0) is 0 Å². The Morgan fingerprint density at radius 2 is 1.02 bits per heavy atom. The van der Waals surface area contributed by atoms with E-state index >= 15 is 0 Å². The van der Waals surface area contributed by atoms with Crippen LogP contribution in [0.15, 0.2) is 170 Å². The summed E-state index contributed by atoms with van der Waals surface area (Å²) < 4.78 is 5.06. The van der Waals surface area contributed by atoms with Crippen LogP contribution in [0.25, 0.3) is 81.7 Å². The number of hydrogen-bond acceptors (Lipinski definition) is 2. The number of aromatic nitrogens is 2. The predicted octanol–water partition coefficient (Wildman–Crippen LogP) is 12.1. The van der Waals surface area contributed by atoms with Crippen LogP contribution in [0.5, 0.6) is 0 Å². The van der Waals surface area contributed by atoms with Crippen LogP contribution in [0.4, 0.5) is 0 Å². The van der Waals surface area contributed by atoms with E-state index in [0.717, 1.165) is 28.1 Å². The van der Waals surface area contributed by atoms with E-state index in [1.165, 1.54) is 53.6 Å². The minimum Gasteiger partial charge on any atom is -0.308 e. The topological polar surface area (TPSA) is 17.8 Å². The van der Waals surface area contributed by atoms with Gasteiger partial charge >= 0.3 is 0 Å². The number of thiophene rings is 1. The molecule has 0 amide bonds. The van der Waals surface area contributed by atoms with Gasteiger partial charge in [-0.05, 0) is 70.8 Å². The summed E-state index contributed by atoms with van der Waals surface area (Å²) in [6.45, 7) is 0. The zero-order chi connectivity index (χ0) is 30.5. The van der Waals surface area contributed by atoms with Gasteiger partial charge in [0.1, 0.15) is 0 Å². The van der Waals surface area contributed by atoms with Crippen LogP contribution in [-0.4, -0.2) is 9.55 Å². The molecule has 0 aliphatic rings. The molecule has 0 aliphatic carbocycles. The third-order valence-corrected chi connectivity index (χ3v) is 9.98. The molecule has 0 radical (unpaired) electrons. The second-order valence-electron chi connectivity index (χ2n) is 11.6. The maximum atomic E-state index is 5.18. The number of hydrogen-bond donors (Lipinski definition) is 0. The van der Waals surface area contributed by atoms with Crippen molar-refractivity contribution in [2.24, 2.45) is 0 Å². The zero-order valence-electron chi connectivity index (χ0n) is 25.0. The average Bonchev–Trinajstić information content (AvgIpc) is 3.67. The number of benzene rings is 6. The van der Waals surface area contributed by atoms with E-state index in [1.54, 1.807) is 0 Å². The Hall–Kier alpha value is -5.77. The molecule has 9 aromatic rings. The minimum absolute atomic E-state index is 0.963. The zero-order valence-corrected chi connectivity index (χ0v) is 25.8. The third-order valence-electron chi connectivity index (χ3n) is 8.78. The molecule has 0 bridgehead atoms. The summed E-state index contributed by atoms with van der Waals surface area (Å²) in [6, 6.07) is 60.6. The molecule has 0 aliphatic heterocycles. The van der Waals surface area contributed by atoms with Crippen molar-refractivity contribution >= 4 is 42.5 Å². The highest BCUT2D eigenvalue weighted by atomic mass is 32.1. The molecule has 46 heavy (non-hydrogen) atoms. The normalized spacial score (nSPS) is 11.5. The van der Waals surface area contributed by atoms with Crippen LogP contribution >= 0.6 is 11.3 Å². The Kier molecular flexibility index (Phi) is 6.36. The smallest absolute Gasteiger partial charge is 0.0727 e. The Labute approximate surface area is 271 Å². The third kappa shape index (κ3) is 4.52. The Morgan fingerprint density at radius 3 is 1.80 bits per heavy atom. The molecular formula is C43H28N2S. The number of fused-ring (bicyclic) bond motifs is 5. The van der Waals surface area contributed by atoms with Gasteiger partial charge in [-0.3, -0.25) is 0 Å². The van der Waals surface area contributed by atoms with Crippen molar-refractivity contribution in [3.8, 4) is 50.5 Å². The van der Waals surface area contributed by atoms with Crippen molar-refractivity contribution in [3.05, 3.63) is 170 Å². The fraction of sp³-hybridized carbons (Fsp3) is 0. The van der Waals surface area contributed by atoms with Crippen molar-refractivity contribution in [2.75, 3.05) is 0 Å².